The predicted octanol–water partition coefficient (Wildman–Crippen LogP) is 0.0768. The molecule has 1 aliphatic heterocycles. The van der Waals surface area contributed by atoms with Crippen molar-refractivity contribution in [3.63, 3.8) is 0 Å². The van der Waals surface area contributed by atoms with E-state index < -0.39 is 17.7 Å². The van der Waals surface area contributed by atoms with Crippen molar-refractivity contribution in [1.29, 1.82) is 0 Å². The first-order valence-electron chi connectivity index (χ1n) is 6.43. The maximum absolute atomic E-state index is 12.0. The van der Waals surface area contributed by atoms with E-state index in [1.807, 2.05) is 0 Å². The van der Waals surface area contributed by atoms with Crippen molar-refractivity contribution in [2.75, 3.05) is 6.54 Å². The molecule has 0 bridgehead atoms. The number of nitrogens with zero attached hydrogens (tertiary/aromatic N) is 3. The quantitative estimate of drug-likeness (QED) is 0.727. The fourth-order valence-corrected chi connectivity index (χ4v) is 2.19. The first kappa shape index (κ1) is 14.4. The van der Waals surface area contributed by atoms with Gasteiger partial charge in [0.1, 0.15) is 11.6 Å². The number of aromatic nitrogens is 2. The number of aromatic carboxylic acids is 1. The molecule has 110 valence electrons. The maximum atomic E-state index is 12.0. The summed E-state index contributed by atoms with van der Waals surface area (Å²) in [5, 5.41) is 10.9. The molecule has 2 rings (SSSR count). The molecule has 0 fully saturated rings. The average molecular weight is 280 g/mol. The summed E-state index contributed by atoms with van der Waals surface area (Å²) < 4.78 is 6.81. The van der Waals surface area contributed by atoms with Gasteiger partial charge in [-0.2, -0.15) is 0 Å². The van der Waals surface area contributed by atoms with Crippen LogP contribution < -0.4 is 5.11 Å². The van der Waals surface area contributed by atoms with Crippen LogP contribution in [0.1, 0.15) is 42.8 Å². The topological polar surface area (TPSA) is 87.5 Å². The van der Waals surface area contributed by atoms with Gasteiger partial charge in [0.25, 0.3) is 0 Å². The van der Waals surface area contributed by atoms with Crippen molar-refractivity contribution < 1.29 is 19.4 Å². The molecular weight excluding hydrogens is 262 g/mol. The highest BCUT2D eigenvalue weighted by molar-refractivity contribution is 5.82. The molecule has 7 heteroatoms. The molecule has 0 spiro atoms. The number of fused-ring (bicyclic) bond motifs is 1. The van der Waals surface area contributed by atoms with Crippen LogP contribution in [-0.4, -0.2) is 38.7 Å². The normalized spacial score (nSPS) is 14.9. The minimum Gasteiger partial charge on any atom is -0.542 e. The third-order valence-electron chi connectivity index (χ3n) is 3.09. The second kappa shape index (κ2) is 4.81. The van der Waals surface area contributed by atoms with Crippen LogP contribution in [0.25, 0.3) is 0 Å². The Morgan fingerprint density at radius 1 is 1.35 bits per heavy atom. The van der Waals surface area contributed by atoms with Gasteiger partial charge < -0.3 is 24.1 Å². The van der Waals surface area contributed by atoms with E-state index in [4.69, 9.17) is 4.74 Å². The van der Waals surface area contributed by atoms with Crippen LogP contribution in [0.4, 0.5) is 4.79 Å². The number of imidazole rings is 1. The highest BCUT2D eigenvalue weighted by Gasteiger charge is 2.28. The third kappa shape index (κ3) is 2.76. The number of hydrogen-bond acceptors (Lipinski definition) is 5. The lowest BCUT2D eigenvalue weighted by Gasteiger charge is -2.29. The molecule has 0 aromatic carbocycles. The van der Waals surface area contributed by atoms with Crippen LogP contribution in [0.3, 0.4) is 0 Å². The Bertz CT molecular complexity index is 557. The molecule has 1 amide bonds. The zero-order valence-corrected chi connectivity index (χ0v) is 12.1. The van der Waals surface area contributed by atoms with E-state index in [0.29, 0.717) is 18.7 Å². The summed E-state index contributed by atoms with van der Waals surface area (Å²) in [7, 11) is 1.64. The summed E-state index contributed by atoms with van der Waals surface area (Å²) in [6.45, 7) is 6.14. The molecule has 0 radical (unpaired) electrons. The number of carbonyl (C=O) groups is 2. The van der Waals surface area contributed by atoms with Gasteiger partial charge in [0.05, 0.1) is 12.2 Å². The fraction of sp³-hybridized carbons (Fsp3) is 0.615. The fourth-order valence-electron chi connectivity index (χ4n) is 2.19. The summed E-state index contributed by atoms with van der Waals surface area (Å²) in [4.78, 5) is 28.5. The van der Waals surface area contributed by atoms with Crippen molar-refractivity contribution in [2.24, 2.45) is 7.05 Å². The highest BCUT2D eigenvalue weighted by atomic mass is 16.6. The summed E-state index contributed by atoms with van der Waals surface area (Å²) >= 11 is 0. The van der Waals surface area contributed by atoms with Gasteiger partial charge in [-0.3, -0.25) is 0 Å². The van der Waals surface area contributed by atoms with Gasteiger partial charge in [-0.1, -0.05) is 0 Å². The van der Waals surface area contributed by atoms with E-state index >= 15 is 0 Å². The molecule has 20 heavy (non-hydrogen) atoms. The van der Waals surface area contributed by atoms with Gasteiger partial charge in [-0.15, -0.1) is 0 Å². The van der Waals surface area contributed by atoms with Crippen LogP contribution in [0.15, 0.2) is 0 Å². The predicted molar refractivity (Wildman–Crippen MR) is 67.9 cm³/mol. The maximum Gasteiger partial charge on any atom is 0.410 e. The Morgan fingerprint density at radius 2 is 2.00 bits per heavy atom. The number of rotatable bonds is 1. The molecule has 0 atom stereocenters. The minimum absolute atomic E-state index is 0.110. The van der Waals surface area contributed by atoms with Crippen LogP contribution in [0, 0.1) is 0 Å². The minimum atomic E-state index is -1.31. The zero-order chi connectivity index (χ0) is 15.1. The Kier molecular flexibility index (Phi) is 3.45. The molecule has 7 nitrogen and oxygen atoms in total. The number of amides is 1. The number of carboxylic acid groups (broad SMARTS) is 1. The van der Waals surface area contributed by atoms with Crippen molar-refractivity contribution in [3.8, 4) is 0 Å². The molecule has 1 aromatic rings. The molecule has 0 unspecified atom stereocenters. The van der Waals surface area contributed by atoms with E-state index in [9.17, 15) is 14.7 Å². The first-order chi connectivity index (χ1) is 9.19. The molecule has 0 saturated heterocycles. The lowest BCUT2D eigenvalue weighted by molar-refractivity contribution is -0.256. The van der Waals surface area contributed by atoms with Crippen molar-refractivity contribution in [2.45, 2.75) is 39.3 Å². The van der Waals surface area contributed by atoms with Crippen molar-refractivity contribution in [1.82, 2.24) is 14.5 Å². The second-order valence-corrected chi connectivity index (χ2v) is 5.83. The van der Waals surface area contributed by atoms with Crippen LogP contribution in [0.2, 0.25) is 0 Å². The van der Waals surface area contributed by atoms with Gasteiger partial charge in [0.2, 0.25) is 0 Å². The SMILES string of the molecule is Cn1c(C(=O)[O-])nc2c1CCN(C(=O)OC(C)(C)C)C2. The van der Waals surface area contributed by atoms with E-state index in [1.165, 1.54) is 9.47 Å². The van der Waals surface area contributed by atoms with E-state index in [-0.39, 0.29) is 12.4 Å². The summed E-state index contributed by atoms with van der Waals surface area (Å²) in [5.74, 6) is -1.42. The molecule has 1 aliphatic rings. The summed E-state index contributed by atoms with van der Waals surface area (Å²) in [6, 6.07) is 0. The van der Waals surface area contributed by atoms with Gasteiger partial charge in [-0.05, 0) is 20.8 Å². The van der Waals surface area contributed by atoms with Crippen molar-refractivity contribution >= 4 is 12.1 Å². The number of ether oxygens (including phenoxy) is 1. The number of carbonyl (C=O) groups excluding carboxylic acids is 2. The van der Waals surface area contributed by atoms with Gasteiger partial charge in [0.15, 0.2) is 5.82 Å². The Hall–Kier alpha value is -2.05. The molecule has 1 aromatic heterocycles. The molecule has 0 N–H and O–H groups in total. The number of hydrogen-bond donors (Lipinski definition) is 0. The second-order valence-electron chi connectivity index (χ2n) is 5.83. The van der Waals surface area contributed by atoms with Crippen LogP contribution in [-0.2, 0) is 24.8 Å². The number of carboxylic acids is 1. The summed E-state index contributed by atoms with van der Waals surface area (Å²) in [5.41, 5.74) is 0.852. The zero-order valence-electron chi connectivity index (χ0n) is 12.1. The van der Waals surface area contributed by atoms with Gasteiger partial charge in [0, 0.05) is 25.7 Å². The lowest BCUT2D eigenvalue weighted by atomic mass is 10.1. The van der Waals surface area contributed by atoms with E-state index in [1.54, 1.807) is 27.8 Å². The Labute approximate surface area is 117 Å². The largest absolute Gasteiger partial charge is 0.542 e. The molecule has 0 saturated carbocycles. The van der Waals surface area contributed by atoms with Crippen LogP contribution in [0.5, 0.6) is 0 Å². The van der Waals surface area contributed by atoms with Gasteiger partial charge in [-0.25, -0.2) is 9.78 Å². The molecular formula is C13H18N3O4-. The smallest absolute Gasteiger partial charge is 0.410 e. The van der Waals surface area contributed by atoms with E-state index in [0.717, 1.165) is 5.69 Å². The Balaban J connectivity index is 2.17. The van der Waals surface area contributed by atoms with Crippen LogP contribution >= 0.6 is 0 Å². The average Bonchev–Trinajstić information content (AvgIpc) is 2.64. The Morgan fingerprint density at radius 3 is 2.55 bits per heavy atom. The first-order valence-corrected chi connectivity index (χ1v) is 6.43. The third-order valence-corrected chi connectivity index (χ3v) is 3.09. The molecule has 2 heterocycles. The van der Waals surface area contributed by atoms with Gasteiger partial charge >= 0.3 is 6.09 Å². The van der Waals surface area contributed by atoms with E-state index in [2.05, 4.69) is 4.98 Å². The van der Waals surface area contributed by atoms with Crippen molar-refractivity contribution in [3.05, 3.63) is 17.2 Å². The summed E-state index contributed by atoms with van der Waals surface area (Å²) in [6.07, 6.45) is 0.134. The lowest BCUT2D eigenvalue weighted by Crippen LogP contribution is -2.40. The monoisotopic (exact) mass is 280 g/mol. The molecule has 0 aliphatic carbocycles. The standard InChI is InChI=1S/C13H19N3O4/c1-13(2,3)20-12(19)16-6-5-9-8(7-16)14-10(11(17)18)15(9)4/h5-7H2,1-4H3,(H,17,18)/p-1. The highest BCUT2D eigenvalue weighted by Crippen LogP contribution is 2.21.